The van der Waals surface area contributed by atoms with Gasteiger partial charge < -0.3 is 14.0 Å². The van der Waals surface area contributed by atoms with Gasteiger partial charge in [-0.25, -0.2) is 13.1 Å². The fourth-order valence-electron chi connectivity index (χ4n) is 2.72. The van der Waals surface area contributed by atoms with Gasteiger partial charge in [0, 0.05) is 12.0 Å². The smallest absolute Gasteiger partial charge is 0.265 e. The number of carbonyl (C=O) groups is 1. The van der Waals surface area contributed by atoms with Crippen molar-refractivity contribution in [2.75, 3.05) is 11.5 Å². The van der Waals surface area contributed by atoms with Crippen molar-refractivity contribution >= 4 is 33.0 Å². The summed E-state index contributed by atoms with van der Waals surface area (Å²) in [6, 6.07) is 6.61. The van der Waals surface area contributed by atoms with Crippen LogP contribution in [0.25, 0.3) is 0 Å². The molecular weight excluding hydrogens is 404 g/mol. The Kier molecular flexibility index (Phi) is 4.60. The molecule has 28 heavy (non-hydrogen) atoms. The second-order valence-corrected chi connectivity index (χ2v) is 8.80. The van der Waals surface area contributed by atoms with Crippen LogP contribution in [-0.4, -0.2) is 26.2 Å². The predicted octanol–water partition coefficient (Wildman–Crippen LogP) is 3.31. The number of thiophene rings is 1. The lowest BCUT2D eigenvalue weighted by atomic mass is 10.1. The molecule has 1 aromatic carbocycles. The number of rotatable bonds is 6. The van der Waals surface area contributed by atoms with Crippen molar-refractivity contribution in [1.82, 2.24) is 5.16 Å². The van der Waals surface area contributed by atoms with Gasteiger partial charge in [-0.05, 0) is 43.0 Å². The Morgan fingerprint density at radius 3 is 2.75 bits per heavy atom. The second-order valence-electron chi connectivity index (χ2n) is 6.23. The van der Waals surface area contributed by atoms with Gasteiger partial charge in [0.2, 0.25) is 12.7 Å². The van der Waals surface area contributed by atoms with Crippen molar-refractivity contribution in [1.29, 1.82) is 0 Å². The Morgan fingerprint density at radius 2 is 2.00 bits per heavy atom. The molecule has 1 aliphatic heterocycles. The molecule has 146 valence electrons. The topological polar surface area (TPSA) is 108 Å². The highest BCUT2D eigenvalue weighted by molar-refractivity contribution is 7.93. The quantitative estimate of drug-likeness (QED) is 0.610. The number of nitrogens with zero attached hydrogens (tertiary/aromatic N) is 1. The van der Waals surface area contributed by atoms with Gasteiger partial charge in [0.1, 0.15) is 4.90 Å². The molecule has 4 rings (SSSR count). The first kappa shape index (κ1) is 18.5. The maximum atomic E-state index is 12.8. The fourth-order valence-corrected chi connectivity index (χ4v) is 5.15. The molecule has 10 heteroatoms. The first-order valence-electron chi connectivity index (χ1n) is 8.30. The molecule has 0 fully saturated rings. The van der Waals surface area contributed by atoms with Gasteiger partial charge in [0.15, 0.2) is 17.3 Å². The number of carbonyl (C=O) groups excluding carboxylic acids is 1. The van der Waals surface area contributed by atoms with Crippen LogP contribution in [0.4, 0.5) is 5.88 Å². The molecule has 0 aliphatic carbocycles. The molecule has 0 saturated carbocycles. The number of anilines is 1. The standard InChI is InChI=1S/C18H16N2O6S2/c1-10-11(2)19-26-18(10)20-28(22,23)16-5-6-27-17(16)13(21)7-12-3-4-14-15(8-12)25-9-24-14/h3-6,8,20H,7,9H2,1-2H3. The van der Waals surface area contributed by atoms with E-state index in [0.717, 1.165) is 11.3 Å². The van der Waals surface area contributed by atoms with Gasteiger partial charge in [-0.15, -0.1) is 11.3 Å². The minimum Gasteiger partial charge on any atom is -0.454 e. The molecule has 0 radical (unpaired) electrons. The van der Waals surface area contributed by atoms with Gasteiger partial charge in [0.05, 0.1) is 10.6 Å². The van der Waals surface area contributed by atoms with Crippen molar-refractivity contribution in [2.24, 2.45) is 0 Å². The average Bonchev–Trinajstić information content (AvgIpc) is 3.38. The number of ether oxygens (including phenoxy) is 2. The van der Waals surface area contributed by atoms with Crippen LogP contribution in [0.5, 0.6) is 11.5 Å². The zero-order valence-corrected chi connectivity index (χ0v) is 16.6. The number of Topliss-reactive ketones (excluding diaryl/α,β-unsaturated/α-hetero) is 1. The third kappa shape index (κ3) is 3.36. The van der Waals surface area contributed by atoms with Crippen LogP contribution in [0.3, 0.4) is 0 Å². The summed E-state index contributed by atoms with van der Waals surface area (Å²) in [5.41, 5.74) is 1.88. The minimum atomic E-state index is -4.00. The van der Waals surface area contributed by atoms with Gasteiger partial charge in [-0.1, -0.05) is 11.2 Å². The lowest BCUT2D eigenvalue weighted by Gasteiger charge is -2.07. The molecular formula is C18H16N2O6S2. The van der Waals surface area contributed by atoms with Crippen molar-refractivity contribution in [3.05, 3.63) is 51.3 Å². The normalized spacial score (nSPS) is 12.9. The summed E-state index contributed by atoms with van der Waals surface area (Å²) >= 11 is 1.08. The molecule has 8 nitrogen and oxygen atoms in total. The molecule has 0 saturated heterocycles. The van der Waals surface area contributed by atoms with Crippen molar-refractivity contribution < 1.29 is 27.2 Å². The predicted molar refractivity (Wildman–Crippen MR) is 102 cm³/mol. The SMILES string of the molecule is Cc1noc(NS(=O)(=O)c2ccsc2C(=O)Cc2ccc3c(c2)OCO3)c1C. The summed E-state index contributed by atoms with van der Waals surface area (Å²) in [5, 5.41) is 5.30. The Hall–Kier alpha value is -2.85. The first-order chi connectivity index (χ1) is 13.3. The van der Waals surface area contributed by atoms with E-state index in [9.17, 15) is 13.2 Å². The molecule has 0 unspecified atom stereocenters. The maximum Gasteiger partial charge on any atom is 0.265 e. The third-order valence-corrected chi connectivity index (χ3v) is 6.82. The molecule has 1 N–H and O–H groups in total. The Balaban J connectivity index is 1.58. The summed E-state index contributed by atoms with van der Waals surface area (Å²) in [7, 11) is -4.00. The first-order valence-corrected chi connectivity index (χ1v) is 10.7. The summed E-state index contributed by atoms with van der Waals surface area (Å²) < 4.78 is 43.5. The van der Waals surface area contributed by atoms with E-state index in [1.807, 2.05) is 0 Å². The lowest BCUT2D eigenvalue weighted by Crippen LogP contribution is -2.16. The molecule has 0 atom stereocenters. The molecule has 2 aromatic heterocycles. The van der Waals surface area contributed by atoms with Crippen LogP contribution in [0.2, 0.25) is 0 Å². The zero-order chi connectivity index (χ0) is 19.9. The number of nitrogens with one attached hydrogen (secondary N) is 1. The highest BCUT2D eigenvalue weighted by atomic mass is 32.2. The summed E-state index contributed by atoms with van der Waals surface area (Å²) in [4.78, 5) is 12.8. The van der Waals surface area contributed by atoms with Gasteiger partial charge in [-0.3, -0.25) is 4.79 Å². The minimum absolute atomic E-state index is 0.0397. The number of aryl methyl sites for hydroxylation is 1. The summed E-state index contributed by atoms with van der Waals surface area (Å²) in [5.74, 6) is 0.928. The number of ketones is 1. The van der Waals surface area contributed by atoms with E-state index < -0.39 is 10.0 Å². The number of fused-ring (bicyclic) bond motifs is 1. The van der Waals surface area contributed by atoms with E-state index in [0.29, 0.717) is 28.3 Å². The van der Waals surface area contributed by atoms with Gasteiger partial charge in [0.25, 0.3) is 10.0 Å². The Morgan fingerprint density at radius 1 is 1.21 bits per heavy atom. The van der Waals surface area contributed by atoms with E-state index in [1.54, 1.807) is 37.4 Å². The molecule has 3 aromatic rings. The molecule has 3 heterocycles. The fraction of sp³-hybridized carbons (Fsp3) is 0.222. The summed E-state index contributed by atoms with van der Waals surface area (Å²) in [6.45, 7) is 3.55. The van der Waals surface area contributed by atoms with E-state index in [2.05, 4.69) is 9.88 Å². The molecule has 1 aliphatic rings. The largest absolute Gasteiger partial charge is 0.454 e. The monoisotopic (exact) mass is 420 g/mol. The molecule has 0 spiro atoms. The van der Waals surface area contributed by atoms with Gasteiger partial charge >= 0.3 is 0 Å². The van der Waals surface area contributed by atoms with E-state index in [4.69, 9.17) is 14.0 Å². The lowest BCUT2D eigenvalue weighted by molar-refractivity contribution is 0.0994. The van der Waals surface area contributed by atoms with Crippen molar-refractivity contribution in [3.63, 3.8) is 0 Å². The van der Waals surface area contributed by atoms with Crippen LogP contribution in [0.1, 0.15) is 26.5 Å². The number of aromatic nitrogens is 1. The number of benzene rings is 1. The van der Waals surface area contributed by atoms with Gasteiger partial charge in [-0.2, -0.15) is 0 Å². The van der Waals surface area contributed by atoms with Crippen LogP contribution in [-0.2, 0) is 16.4 Å². The third-order valence-electron chi connectivity index (χ3n) is 4.36. The molecule has 0 amide bonds. The highest BCUT2D eigenvalue weighted by Gasteiger charge is 2.26. The highest BCUT2D eigenvalue weighted by Crippen LogP contribution is 2.33. The Labute approximate surface area is 165 Å². The van der Waals surface area contributed by atoms with Crippen molar-refractivity contribution in [3.8, 4) is 11.5 Å². The summed E-state index contributed by atoms with van der Waals surface area (Å²) in [6.07, 6.45) is 0.0418. The van der Waals surface area contributed by atoms with E-state index in [1.165, 1.54) is 6.07 Å². The van der Waals surface area contributed by atoms with E-state index >= 15 is 0 Å². The second kappa shape index (κ2) is 6.95. The Bertz CT molecular complexity index is 1160. The zero-order valence-electron chi connectivity index (χ0n) is 15.0. The maximum absolute atomic E-state index is 12.8. The van der Waals surface area contributed by atoms with E-state index in [-0.39, 0.29) is 34.7 Å². The number of hydrogen-bond acceptors (Lipinski definition) is 8. The average molecular weight is 420 g/mol. The van der Waals surface area contributed by atoms with Crippen LogP contribution >= 0.6 is 11.3 Å². The number of sulfonamides is 1. The van der Waals surface area contributed by atoms with Crippen molar-refractivity contribution in [2.45, 2.75) is 25.2 Å². The number of hydrogen-bond donors (Lipinski definition) is 1. The van der Waals surface area contributed by atoms with Crippen LogP contribution in [0, 0.1) is 13.8 Å². The van der Waals surface area contributed by atoms with Crippen LogP contribution < -0.4 is 14.2 Å². The van der Waals surface area contributed by atoms with Crippen LogP contribution in [0.15, 0.2) is 39.1 Å². The molecule has 0 bridgehead atoms.